The largest absolute Gasteiger partial charge is 1.00 e. The summed E-state index contributed by atoms with van der Waals surface area (Å²) in [7, 11) is 11.4. The first-order valence-corrected chi connectivity index (χ1v) is 21.9. The third kappa shape index (κ3) is 29.6. The molecule has 24 heteroatoms. The van der Waals surface area contributed by atoms with Gasteiger partial charge in [0, 0.05) is 46.8 Å². The Labute approximate surface area is 430 Å². The maximum absolute atomic E-state index is 11.6. The quantitative estimate of drug-likeness (QED) is 0.0419. The van der Waals surface area contributed by atoms with Crippen LogP contribution in [0.1, 0.15) is 106 Å². The van der Waals surface area contributed by atoms with Crippen molar-refractivity contribution in [1.29, 1.82) is 0 Å². The average molecular weight is 1070 g/mol. The normalized spacial score (nSPS) is 17.6. The van der Waals surface area contributed by atoms with Crippen molar-refractivity contribution in [2.75, 3.05) is 95.7 Å². The molecule has 22 nitrogen and oxygen atoms in total. The number of carboxylic acid groups (broad SMARTS) is 1. The summed E-state index contributed by atoms with van der Waals surface area (Å²) in [5.74, 6) is -2.13. The Morgan fingerprint density at radius 1 is 0.580 bits per heavy atom. The number of carboxylic acids is 1. The van der Waals surface area contributed by atoms with Gasteiger partial charge in [0.2, 0.25) is 0 Å². The predicted molar refractivity (Wildman–Crippen MR) is 252 cm³/mol. The van der Waals surface area contributed by atoms with E-state index in [0.717, 1.165) is 78.1 Å². The number of hydrogen-bond acceptors (Lipinski definition) is 20. The molecule has 3 atom stereocenters. The van der Waals surface area contributed by atoms with Gasteiger partial charge in [0.15, 0.2) is 11.2 Å². The van der Waals surface area contributed by atoms with Crippen molar-refractivity contribution in [2.24, 2.45) is 23.7 Å². The fourth-order valence-electron chi connectivity index (χ4n) is 5.78. The van der Waals surface area contributed by atoms with Crippen molar-refractivity contribution in [3.8, 4) is 0 Å². The molecule has 408 valence electrons. The molecule has 0 bridgehead atoms. The third-order valence-corrected chi connectivity index (χ3v) is 11.6. The number of aliphatic carboxylic acids is 1. The zero-order valence-corrected chi connectivity index (χ0v) is 41.9. The molecular formula is C45H88BrLiO22. The van der Waals surface area contributed by atoms with Crippen LogP contribution in [0.3, 0.4) is 0 Å². The molecule has 69 heavy (non-hydrogen) atoms. The summed E-state index contributed by atoms with van der Waals surface area (Å²) in [4.78, 5) is 66.7. The van der Waals surface area contributed by atoms with Gasteiger partial charge >= 0.3 is 54.7 Å². The van der Waals surface area contributed by atoms with E-state index >= 15 is 0 Å². The first-order chi connectivity index (χ1) is 30.0. The zero-order valence-electron chi connectivity index (χ0n) is 40.3. The molecule has 1 heterocycles. The second kappa shape index (κ2) is 43.1. The molecule has 4 aliphatic carbocycles. The smallest absolute Gasteiger partial charge is 0.870 e. The van der Waals surface area contributed by atoms with Crippen molar-refractivity contribution < 1.29 is 126 Å². The summed E-state index contributed by atoms with van der Waals surface area (Å²) in [5, 5.41) is 36.5. The van der Waals surface area contributed by atoms with Gasteiger partial charge in [0.25, 0.3) is 11.7 Å². The predicted octanol–water partition coefficient (Wildman–Crippen LogP) is 0.311. The number of carbonyl (C=O) groups excluding carboxylic acids is 5. The number of ether oxygens (including phenoxy) is 10. The summed E-state index contributed by atoms with van der Waals surface area (Å²) in [6.07, 6.45) is 11.6. The van der Waals surface area contributed by atoms with E-state index in [1.165, 1.54) is 67.9 Å². The van der Waals surface area contributed by atoms with Gasteiger partial charge in [0.05, 0.1) is 61.5 Å². The molecule has 3 unspecified atom stereocenters. The summed E-state index contributed by atoms with van der Waals surface area (Å²) in [6, 6.07) is 0. The van der Waals surface area contributed by atoms with E-state index in [9.17, 15) is 28.8 Å². The molecule has 7 N–H and O–H groups in total. The number of hydrogen-bond donors (Lipinski definition) is 4. The Morgan fingerprint density at radius 2 is 0.957 bits per heavy atom. The molecule has 0 spiro atoms. The van der Waals surface area contributed by atoms with Crippen LogP contribution in [0.15, 0.2) is 0 Å². The number of carbonyl (C=O) groups is 6. The van der Waals surface area contributed by atoms with E-state index in [1.807, 2.05) is 0 Å². The molecule has 5 rings (SSSR count). The number of aliphatic hydroxyl groups excluding tert-OH is 3. The molecule has 5 fully saturated rings. The third-order valence-electron chi connectivity index (χ3n) is 10.7. The van der Waals surface area contributed by atoms with Crippen LogP contribution < -0.4 is 18.9 Å². The van der Waals surface area contributed by atoms with Gasteiger partial charge in [-0.1, -0.05) is 76.7 Å². The van der Waals surface area contributed by atoms with Crippen molar-refractivity contribution >= 4 is 51.7 Å². The molecule has 1 aliphatic heterocycles. The molecule has 0 aromatic rings. The van der Waals surface area contributed by atoms with Crippen LogP contribution in [0.25, 0.3) is 0 Å². The minimum Gasteiger partial charge on any atom is -0.870 e. The molecule has 0 amide bonds. The number of rotatable bonds is 20. The van der Waals surface area contributed by atoms with E-state index < -0.39 is 65.3 Å². The van der Waals surface area contributed by atoms with E-state index in [1.54, 1.807) is 0 Å². The molecule has 5 aliphatic rings. The van der Waals surface area contributed by atoms with Crippen molar-refractivity contribution in [3.63, 3.8) is 0 Å². The standard InChI is InChI=1S/C10H16O5.C9H16O4.C8H14O4.C6H10O5.C5H10O2.C4H7Br.3CH4.Li.2H2O/c1-13-8(11)10(15-3,9(12)14-2)6-7-4-5-7;1-12-8(11)9(6-10,13-2)5-7-3-4-7;1-12-8(5-9,7(10)11)4-6-2-3-6;1-9-4(5(7)10-2)6(8)11-3;6-4-5-2-1-3-7-5;5-3-4-1-2-4;;;;;;/h7H,4-6H2,1-3H3;7,10H,3-6H2,1-2H3;6,9H,2-5H2,1H3,(H,10,11);4H,1-3H3;5-6H,1-4H2;4H,1-3H2;3*1H4;;2*1H2/q;;;;;;;;;+1;;/p-1. The summed E-state index contributed by atoms with van der Waals surface area (Å²) in [5.41, 5.74) is -4.07. The number of methoxy groups -OCH3 is 9. The van der Waals surface area contributed by atoms with Crippen LogP contribution in [-0.2, 0) is 76.1 Å². The SMILES string of the molecule is BrCC1CC1.C.C.C.COC(=O)C(CC1CC1)(OC)C(=O)OC.COC(=O)C(CO)(CC1CC1)OC.COC(=O)C(OC)C(=O)OC.COC(CO)(CC1CC1)C(=O)O.O.OCC1CCCO1.[Li+].[OH-]. The molecule has 4 saturated carbocycles. The fraction of sp³-hybridized carbons (Fsp3) is 0.867. The van der Waals surface area contributed by atoms with Crippen molar-refractivity contribution in [1.82, 2.24) is 0 Å². The van der Waals surface area contributed by atoms with E-state index in [-0.39, 0.29) is 71.4 Å². The Hall–Kier alpha value is -2.50. The molecule has 1 saturated heterocycles. The van der Waals surface area contributed by atoms with Gasteiger partial charge in [-0.3, -0.25) is 0 Å². The Kier molecular flexibility index (Phi) is 50.4. The topological polar surface area (TPSA) is 337 Å². The van der Waals surface area contributed by atoms with Gasteiger partial charge in [0.1, 0.15) is 0 Å². The van der Waals surface area contributed by atoms with Crippen LogP contribution in [-0.4, -0.2) is 192 Å². The van der Waals surface area contributed by atoms with Crippen LogP contribution in [0.2, 0.25) is 0 Å². The van der Waals surface area contributed by atoms with Gasteiger partial charge in [-0.15, -0.1) is 0 Å². The van der Waals surface area contributed by atoms with Gasteiger partial charge in [-0.2, -0.15) is 0 Å². The summed E-state index contributed by atoms with van der Waals surface area (Å²) >= 11 is 3.38. The van der Waals surface area contributed by atoms with Gasteiger partial charge in [-0.25, -0.2) is 28.8 Å². The maximum atomic E-state index is 11.6. The number of aliphatic hydroxyl groups is 3. The second-order valence-electron chi connectivity index (χ2n) is 15.5. The molecule has 0 aromatic carbocycles. The molecule has 0 aromatic heterocycles. The minimum absolute atomic E-state index is 0. The van der Waals surface area contributed by atoms with E-state index in [0.29, 0.717) is 37.0 Å². The van der Waals surface area contributed by atoms with Crippen LogP contribution in [0, 0.1) is 23.7 Å². The number of esters is 5. The Bertz CT molecular complexity index is 1310. The summed E-state index contributed by atoms with van der Waals surface area (Å²) in [6.45, 7) is 0.271. The molecular weight excluding hydrogens is 979 g/mol. The molecule has 0 radical (unpaired) electrons. The van der Waals surface area contributed by atoms with Crippen LogP contribution in [0.5, 0.6) is 0 Å². The number of alkyl halides is 1. The first-order valence-electron chi connectivity index (χ1n) is 20.8. The van der Waals surface area contributed by atoms with Crippen molar-refractivity contribution in [2.45, 2.75) is 135 Å². The van der Waals surface area contributed by atoms with E-state index in [2.05, 4.69) is 44.4 Å². The van der Waals surface area contributed by atoms with E-state index in [4.69, 9.17) is 39.4 Å². The van der Waals surface area contributed by atoms with Crippen LogP contribution in [0.4, 0.5) is 0 Å². The van der Waals surface area contributed by atoms with Gasteiger partial charge in [-0.05, 0) is 62.2 Å². The zero-order chi connectivity index (χ0) is 48.2. The van der Waals surface area contributed by atoms with Crippen LogP contribution >= 0.6 is 15.9 Å². The fourth-order valence-corrected chi connectivity index (χ4v) is 6.43. The summed E-state index contributed by atoms with van der Waals surface area (Å²) < 4.78 is 46.8. The Balaban J connectivity index is -0.000000134. The monoisotopic (exact) mass is 1070 g/mol. The second-order valence-corrected chi connectivity index (χ2v) is 16.2. The Morgan fingerprint density at radius 3 is 1.16 bits per heavy atom. The first kappa shape index (κ1) is 80.6. The van der Waals surface area contributed by atoms with Gasteiger partial charge < -0.3 is 78.7 Å². The number of halogens is 1. The minimum atomic E-state index is -1.58. The van der Waals surface area contributed by atoms with Crippen molar-refractivity contribution in [3.05, 3.63) is 0 Å². The maximum Gasteiger partial charge on any atom is 1.00 e. The average Bonchev–Trinajstić information content (AvgIpc) is 4.06.